The fourth-order valence-electron chi connectivity index (χ4n) is 2.81. The highest BCUT2D eigenvalue weighted by atomic mass is 16.5. The van der Waals surface area contributed by atoms with E-state index in [0.717, 1.165) is 44.1 Å². The second-order valence-electron chi connectivity index (χ2n) is 6.86. The lowest BCUT2D eigenvalue weighted by Gasteiger charge is -2.18. The number of nitrogens with one attached hydrogen (secondary N) is 2. The molecule has 0 bridgehead atoms. The number of aromatic nitrogens is 2. The van der Waals surface area contributed by atoms with E-state index in [1.807, 2.05) is 11.7 Å². The van der Waals surface area contributed by atoms with Gasteiger partial charge in [0.25, 0.3) is 0 Å². The van der Waals surface area contributed by atoms with E-state index in [2.05, 4.69) is 55.3 Å². The molecule has 1 aromatic rings. The molecule has 0 aliphatic heterocycles. The molecule has 0 aromatic carbocycles. The van der Waals surface area contributed by atoms with Crippen molar-refractivity contribution in [2.45, 2.75) is 59.9 Å². The monoisotopic (exact) mass is 381 g/mol. The van der Waals surface area contributed by atoms with E-state index < -0.39 is 0 Å². The Kier molecular flexibility index (Phi) is 11.8. The van der Waals surface area contributed by atoms with Crippen molar-refractivity contribution in [3.63, 3.8) is 0 Å². The van der Waals surface area contributed by atoms with Crippen molar-refractivity contribution in [3.8, 4) is 0 Å². The Balaban J connectivity index is 2.35. The summed E-state index contributed by atoms with van der Waals surface area (Å²) in [6.45, 7) is 14.7. The molecular formula is C20H39N5O2. The van der Waals surface area contributed by atoms with E-state index in [1.165, 1.54) is 11.3 Å². The number of hydrogen-bond acceptors (Lipinski definition) is 4. The number of unbranched alkanes of at least 4 members (excludes halogenated alkanes) is 1. The molecule has 1 rings (SSSR count). The zero-order chi connectivity index (χ0) is 20.1. The van der Waals surface area contributed by atoms with Gasteiger partial charge in [0.1, 0.15) is 0 Å². The molecule has 1 aromatic heterocycles. The lowest BCUT2D eigenvalue weighted by molar-refractivity contribution is 0.0497. The average Bonchev–Trinajstić information content (AvgIpc) is 2.86. The summed E-state index contributed by atoms with van der Waals surface area (Å²) in [6, 6.07) is 0.261. The van der Waals surface area contributed by atoms with Gasteiger partial charge in [-0.05, 0) is 46.1 Å². The molecule has 0 saturated carbocycles. The van der Waals surface area contributed by atoms with E-state index in [9.17, 15) is 0 Å². The van der Waals surface area contributed by atoms with Crippen LogP contribution in [0.25, 0.3) is 0 Å². The Labute approximate surface area is 164 Å². The number of guanidine groups is 1. The highest BCUT2D eigenvalue weighted by Crippen LogP contribution is 2.14. The lowest BCUT2D eigenvalue weighted by atomic mass is 10.1. The first-order chi connectivity index (χ1) is 13.0. The van der Waals surface area contributed by atoms with Crippen LogP contribution in [0.1, 0.15) is 50.6 Å². The van der Waals surface area contributed by atoms with Crippen molar-refractivity contribution >= 4 is 5.96 Å². The SMILES string of the molecule is CCCCOCCOCCN=C(NCC)NC(C)Cc1c(C)nn(C)c1C. The highest BCUT2D eigenvalue weighted by molar-refractivity contribution is 5.80. The molecule has 1 unspecified atom stereocenters. The minimum absolute atomic E-state index is 0.261. The summed E-state index contributed by atoms with van der Waals surface area (Å²) in [5, 5.41) is 11.3. The molecule has 0 aliphatic rings. The second kappa shape index (κ2) is 13.6. The van der Waals surface area contributed by atoms with E-state index in [-0.39, 0.29) is 6.04 Å². The van der Waals surface area contributed by atoms with Crippen molar-refractivity contribution in [1.82, 2.24) is 20.4 Å². The molecule has 0 amide bonds. The molecule has 1 atom stereocenters. The molecule has 0 radical (unpaired) electrons. The van der Waals surface area contributed by atoms with Gasteiger partial charge in [-0.25, -0.2) is 0 Å². The molecule has 0 fully saturated rings. The van der Waals surface area contributed by atoms with Crippen LogP contribution in [0.4, 0.5) is 0 Å². The van der Waals surface area contributed by atoms with Crippen molar-refractivity contribution in [2.24, 2.45) is 12.0 Å². The van der Waals surface area contributed by atoms with Gasteiger partial charge in [0.15, 0.2) is 5.96 Å². The van der Waals surface area contributed by atoms with Crippen LogP contribution in [0.15, 0.2) is 4.99 Å². The van der Waals surface area contributed by atoms with Crippen LogP contribution >= 0.6 is 0 Å². The Morgan fingerprint density at radius 2 is 1.85 bits per heavy atom. The summed E-state index contributed by atoms with van der Waals surface area (Å²) in [4.78, 5) is 4.60. The first kappa shape index (κ1) is 23.4. The third-order valence-electron chi connectivity index (χ3n) is 4.42. The molecule has 7 nitrogen and oxygen atoms in total. The van der Waals surface area contributed by atoms with Crippen LogP contribution < -0.4 is 10.6 Å². The molecule has 7 heteroatoms. The van der Waals surface area contributed by atoms with Crippen molar-refractivity contribution in [3.05, 3.63) is 17.0 Å². The largest absolute Gasteiger partial charge is 0.379 e. The zero-order valence-electron chi connectivity index (χ0n) is 18.1. The maximum absolute atomic E-state index is 5.58. The maximum Gasteiger partial charge on any atom is 0.191 e. The summed E-state index contributed by atoms with van der Waals surface area (Å²) in [7, 11) is 1.99. The van der Waals surface area contributed by atoms with E-state index in [1.54, 1.807) is 0 Å². The second-order valence-corrected chi connectivity index (χ2v) is 6.86. The zero-order valence-corrected chi connectivity index (χ0v) is 18.1. The van der Waals surface area contributed by atoms with Gasteiger partial charge >= 0.3 is 0 Å². The third-order valence-corrected chi connectivity index (χ3v) is 4.42. The average molecular weight is 382 g/mol. The summed E-state index contributed by atoms with van der Waals surface area (Å²) in [5.74, 6) is 0.826. The third kappa shape index (κ3) is 9.24. The van der Waals surface area contributed by atoms with Crippen LogP contribution in [-0.2, 0) is 22.9 Å². The Morgan fingerprint density at radius 3 is 2.44 bits per heavy atom. The van der Waals surface area contributed by atoms with Gasteiger partial charge in [-0.2, -0.15) is 5.10 Å². The van der Waals surface area contributed by atoms with Crippen LogP contribution in [0.3, 0.4) is 0 Å². The quantitative estimate of drug-likeness (QED) is 0.312. The number of rotatable bonds is 13. The van der Waals surface area contributed by atoms with Crippen molar-refractivity contribution < 1.29 is 9.47 Å². The van der Waals surface area contributed by atoms with Crippen LogP contribution in [0.5, 0.6) is 0 Å². The van der Waals surface area contributed by atoms with E-state index in [0.29, 0.717) is 26.4 Å². The lowest BCUT2D eigenvalue weighted by Crippen LogP contribution is -2.43. The smallest absolute Gasteiger partial charge is 0.191 e. The molecule has 0 saturated heterocycles. The summed E-state index contributed by atoms with van der Waals surface area (Å²) >= 11 is 0. The molecule has 2 N–H and O–H groups in total. The minimum atomic E-state index is 0.261. The van der Waals surface area contributed by atoms with Crippen molar-refractivity contribution in [1.29, 1.82) is 0 Å². The molecule has 156 valence electrons. The fourth-order valence-corrected chi connectivity index (χ4v) is 2.81. The Hall–Kier alpha value is -1.60. The van der Waals surface area contributed by atoms with Gasteiger partial charge in [0, 0.05) is 31.9 Å². The Morgan fingerprint density at radius 1 is 1.15 bits per heavy atom. The topological polar surface area (TPSA) is 72.7 Å². The van der Waals surface area contributed by atoms with Crippen LogP contribution in [0.2, 0.25) is 0 Å². The number of nitrogens with zero attached hydrogens (tertiary/aromatic N) is 3. The summed E-state index contributed by atoms with van der Waals surface area (Å²) in [6.07, 6.45) is 3.19. The Bertz CT molecular complexity index is 557. The van der Waals surface area contributed by atoms with Gasteiger partial charge in [0.05, 0.1) is 32.1 Å². The van der Waals surface area contributed by atoms with Crippen LogP contribution in [-0.4, -0.2) is 61.3 Å². The fraction of sp³-hybridized carbons (Fsp3) is 0.800. The number of aliphatic imine (C=N–C) groups is 1. The molecule has 0 spiro atoms. The number of ether oxygens (including phenoxy) is 2. The molecular weight excluding hydrogens is 342 g/mol. The minimum Gasteiger partial charge on any atom is -0.379 e. The van der Waals surface area contributed by atoms with E-state index >= 15 is 0 Å². The predicted octanol–water partition coefficient (Wildman–Crippen LogP) is 2.36. The maximum atomic E-state index is 5.58. The molecule has 27 heavy (non-hydrogen) atoms. The standard InChI is InChI=1S/C20H39N5O2/c1-7-9-11-26-13-14-27-12-10-22-20(21-8-2)23-16(3)15-19-17(4)24-25(6)18(19)5/h16H,7-15H2,1-6H3,(H2,21,22,23). The normalized spacial score (nSPS) is 13.0. The first-order valence-corrected chi connectivity index (χ1v) is 10.2. The highest BCUT2D eigenvalue weighted by Gasteiger charge is 2.13. The molecule has 0 aliphatic carbocycles. The number of aryl methyl sites for hydroxylation is 2. The van der Waals surface area contributed by atoms with Gasteiger partial charge in [-0.15, -0.1) is 0 Å². The van der Waals surface area contributed by atoms with Crippen LogP contribution in [0, 0.1) is 13.8 Å². The summed E-state index contributed by atoms with van der Waals surface area (Å²) < 4.78 is 13.0. The van der Waals surface area contributed by atoms with E-state index in [4.69, 9.17) is 9.47 Å². The van der Waals surface area contributed by atoms with Gasteiger partial charge in [0.2, 0.25) is 0 Å². The van der Waals surface area contributed by atoms with Crippen molar-refractivity contribution in [2.75, 3.05) is 39.5 Å². The van der Waals surface area contributed by atoms with Gasteiger partial charge in [-0.3, -0.25) is 9.67 Å². The summed E-state index contributed by atoms with van der Waals surface area (Å²) in [5.41, 5.74) is 3.62. The number of hydrogen-bond donors (Lipinski definition) is 2. The predicted molar refractivity (Wildman–Crippen MR) is 112 cm³/mol. The van der Waals surface area contributed by atoms with Gasteiger partial charge < -0.3 is 20.1 Å². The molecule has 1 heterocycles. The van der Waals surface area contributed by atoms with Gasteiger partial charge in [-0.1, -0.05) is 13.3 Å². The first-order valence-electron chi connectivity index (χ1n) is 10.2.